The lowest BCUT2D eigenvalue weighted by atomic mass is 10.0. The van der Waals surface area contributed by atoms with Crippen LogP contribution in [0.5, 0.6) is 0 Å². The number of rotatable bonds is 1. The Balaban J connectivity index is 3.25. The minimum atomic E-state index is -4.93. The summed E-state index contributed by atoms with van der Waals surface area (Å²) >= 11 is 0. The Bertz CT molecular complexity index is 370. The van der Waals surface area contributed by atoms with E-state index in [-0.39, 0.29) is 0 Å². The Hall–Kier alpha value is -1.31. The molecule has 0 saturated heterocycles. The highest BCUT2D eigenvalue weighted by Crippen LogP contribution is 2.38. The molecule has 90 valence electrons. The molecule has 16 heavy (non-hydrogen) atoms. The first kappa shape index (κ1) is 12.8. The van der Waals surface area contributed by atoms with E-state index in [4.69, 9.17) is 5.73 Å². The van der Waals surface area contributed by atoms with E-state index in [0.717, 1.165) is 6.20 Å². The molecule has 1 unspecified atom stereocenters. The van der Waals surface area contributed by atoms with E-state index in [0.29, 0.717) is 12.3 Å². The number of pyridine rings is 1. The van der Waals surface area contributed by atoms with Crippen molar-refractivity contribution < 1.29 is 26.3 Å². The van der Waals surface area contributed by atoms with Crippen molar-refractivity contribution in [3.63, 3.8) is 0 Å². The number of halogens is 6. The van der Waals surface area contributed by atoms with Gasteiger partial charge in [0.05, 0.1) is 5.56 Å². The summed E-state index contributed by atoms with van der Waals surface area (Å²) in [6.07, 6.45) is -8.69. The first-order chi connectivity index (χ1) is 7.14. The maximum atomic E-state index is 12.3. The second kappa shape index (κ2) is 3.93. The topological polar surface area (TPSA) is 38.9 Å². The highest BCUT2D eigenvalue weighted by Gasteiger charge is 2.43. The lowest BCUT2D eigenvalue weighted by Gasteiger charge is -2.19. The highest BCUT2D eigenvalue weighted by molar-refractivity contribution is 5.30. The van der Waals surface area contributed by atoms with Gasteiger partial charge in [0, 0.05) is 12.4 Å². The lowest BCUT2D eigenvalue weighted by molar-refractivity contribution is -0.155. The summed E-state index contributed by atoms with van der Waals surface area (Å²) in [6.45, 7) is 0. The third-order valence-corrected chi connectivity index (χ3v) is 1.85. The molecule has 0 aliphatic heterocycles. The predicted octanol–water partition coefficient (Wildman–Crippen LogP) is 2.66. The molecule has 0 aromatic carbocycles. The number of hydrogen-bond donors (Lipinski definition) is 1. The van der Waals surface area contributed by atoms with Crippen molar-refractivity contribution in [2.75, 3.05) is 0 Å². The van der Waals surface area contributed by atoms with Gasteiger partial charge in [0.15, 0.2) is 0 Å². The number of nitrogens with zero attached hydrogens (tertiary/aromatic N) is 1. The molecule has 0 saturated carbocycles. The van der Waals surface area contributed by atoms with Crippen LogP contribution in [0.15, 0.2) is 18.5 Å². The highest BCUT2D eigenvalue weighted by atomic mass is 19.4. The van der Waals surface area contributed by atoms with Gasteiger partial charge in [-0.25, -0.2) is 0 Å². The van der Waals surface area contributed by atoms with Gasteiger partial charge in [-0.3, -0.25) is 4.98 Å². The summed E-state index contributed by atoms with van der Waals surface area (Å²) in [6, 6.07) is -2.06. The minimum Gasteiger partial charge on any atom is -0.316 e. The van der Waals surface area contributed by atoms with Gasteiger partial charge in [0.25, 0.3) is 0 Å². The van der Waals surface area contributed by atoms with Gasteiger partial charge in [-0.15, -0.1) is 0 Å². The van der Waals surface area contributed by atoms with Crippen LogP contribution in [0.3, 0.4) is 0 Å². The van der Waals surface area contributed by atoms with E-state index >= 15 is 0 Å². The number of aromatic nitrogens is 1. The molecule has 2 nitrogen and oxygen atoms in total. The van der Waals surface area contributed by atoms with E-state index in [2.05, 4.69) is 4.98 Å². The third-order valence-electron chi connectivity index (χ3n) is 1.85. The maximum absolute atomic E-state index is 12.3. The molecule has 0 aliphatic carbocycles. The van der Waals surface area contributed by atoms with Crippen LogP contribution in [0, 0.1) is 0 Å². The van der Waals surface area contributed by atoms with Crippen molar-refractivity contribution >= 4 is 0 Å². The zero-order valence-corrected chi connectivity index (χ0v) is 7.60. The van der Waals surface area contributed by atoms with Gasteiger partial charge in [0.2, 0.25) is 0 Å². The Morgan fingerprint density at radius 1 is 1.12 bits per heavy atom. The Morgan fingerprint density at radius 3 is 2.12 bits per heavy atom. The average molecular weight is 244 g/mol. The first-order valence-electron chi connectivity index (χ1n) is 3.97. The second-order valence-corrected chi connectivity index (χ2v) is 2.98. The van der Waals surface area contributed by atoms with Crippen LogP contribution in [-0.2, 0) is 6.18 Å². The number of alkyl halides is 6. The van der Waals surface area contributed by atoms with Crippen molar-refractivity contribution in [3.05, 3.63) is 29.6 Å². The normalized spacial score (nSPS) is 14.9. The fraction of sp³-hybridized carbons (Fsp3) is 0.375. The van der Waals surface area contributed by atoms with Crippen molar-refractivity contribution in [2.24, 2.45) is 5.73 Å². The number of hydrogen-bond acceptors (Lipinski definition) is 2. The van der Waals surface area contributed by atoms with Gasteiger partial charge in [-0.1, -0.05) is 0 Å². The predicted molar refractivity (Wildman–Crippen MR) is 42.2 cm³/mol. The molecule has 0 fully saturated rings. The van der Waals surface area contributed by atoms with Crippen molar-refractivity contribution in [1.82, 2.24) is 4.98 Å². The molecule has 1 aromatic rings. The van der Waals surface area contributed by atoms with Crippen LogP contribution in [-0.4, -0.2) is 11.2 Å². The zero-order valence-electron chi connectivity index (χ0n) is 7.60. The van der Waals surface area contributed by atoms with Crippen LogP contribution in [0.1, 0.15) is 17.2 Å². The van der Waals surface area contributed by atoms with Crippen LogP contribution in [0.2, 0.25) is 0 Å². The van der Waals surface area contributed by atoms with Gasteiger partial charge in [-0.05, 0) is 11.6 Å². The summed E-state index contributed by atoms with van der Waals surface area (Å²) in [7, 11) is 0. The molecule has 0 aliphatic rings. The third kappa shape index (κ3) is 2.63. The van der Waals surface area contributed by atoms with E-state index in [9.17, 15) is 26.3 Å². The number of nitrogens with two attached hydrogens (primary N) is 1. The molecule has 0 amide bonds. The monoisotopic (exact) mass is 244 g/mol. The van der Waals surface area contributed by atoms with Crippen LogP contribution < -0.4 is 5.73 Å². The van der Waals surface area contributed by atoms with Gasteiger partial charge in [-0.2, -0.15) is 26.3 Å². The summed E-state index contributed by atoms with van der Waals surface area (Å²) in [5, 5.41) is 0. The minimum absolute atomic E-state index is 0.320. The fourth-order valence-corrected chi connectivity index (χ4v) is 1.09. The molecular formula is C8H6F6N2. The van der Waals surface area contributed by atoms with Crippen molar-refractivity contribution in [2.45, 2.75) is 18.4 Å². The zero-order chi connectivity index (χ0) is 12.6. The van der Waals surface area contributed by atoms with Crippen LogP contribution in [0.4, 0.5) is 26.3 Å². The lowest BCUT2D eigenvalue weighted by Crippen LogP contribution is -2.30. The molecule has 1 atom stereocenters. The summed E-state index contributed by atoms with van der Waals surface area (Å²) in [4.78, 5) is 3.13. The van der Waals surface area contributed by atoms with Crippen molar-refractivity contribution in [1.29, 1.82) is 0 Å². The molecular weight excluding hydrogens is 238 g/mol. The maximum Gasteiger partial charge on any atom is 0.418 e. The molecule has 0 bridgehead atoms. The smallest absolute Gasteiger partial charge is 0.316 e. The summed E-state index contributed by atoms with van der Waals surface area (Å²) in [5.41, 5.74) is 2.21. The molecule has 0 spiro atoms. The molecule has 1 aromatic heterocycles. The second-order valence-electron chi connectivity index (χ2n) is 2.98. The molecule has 0 radical (unpaired) electrons. The fourth-order valence-electron chi connectivity index (χ4n) is 1.09. The quantitative estimate of drug-likeness (QED) is 0.771. The SMILES string of the molecule is NC(c1ccncc1C(F)(F)F)C(F)(F)F. The Morgan fingerprint density at radius 2 is 1.69 bits per heavy atom. The Labute approximate surface area is 86.1 Å². The molecule has 1 rings (SSSR count). The van der Waals surface area contributed by atoms with Gasteiger partial charge >= 0.3 is 12.4 Å². The first-order valence-corrected chi connectivity index (χ1v) is 3.97. The van der Waals surface area contributed by atoms with E-state index in [1.807, 2.05) is 0 Å². The molecule has 2 N–H and O–H groups in total. The van der Waals surface area contributed by atoms with E-state index in [1.165, 1.54) is 0 Å². The average Bonchev–Trinajstić information content (AvgIpc) is 2.14. The Kier molecular flexibility index (Phi) is 3.13. The largest absolute Gasteiger partial charge is 0.418 e. The summed E-state index contributed by atoms with van der Waals surface area (Å²) < 4.78 is 73.6. The van der Waals surface area contributed by atoms with E-state index in [1.54, 1.807) is 0 Å². The van der Waals surface area contributed by atoms with Gasteiger partial charge in [0.1, 0.15) is 6.04 Å². The summed E-state index contributed by atoms with van der Waals surface area (Å²) in [5.74, 6) is 0. The van der Waals surface area contributed by atoms with Crippen molar-refractivity contribution in [3.8, 4) is 0 Å². The van der Waals surface area contributed by atoms with E-state index < -0.39 is 29.5 Å². The molecule has 1 heterocycles. The standard InChI is InChI=1S/C8H6F6N2/c9-7(10,11)5-3-16-2-1-4(5)6(15)8(12,13)14/h1-3,6H,15H2. The van der Waals surface area contributed by atoms with Crippen LogP contribution >= 0.6 is 0 Å². The van der Waals surface area contributed by atoms with Gasteiger partial charge < -0.3 is 5.73 Å². The molecule has 8 heteroatoms. The van der Waals surface area contributed by atoms with Crippen LogP contribution in [0.25, 0.3) is 0 Å².